The lowest BCUT2D eigenvalue weighted by molar-refractivity contribution is 0.195. The van der Waals surface area contributed by atoms with E-state index >= 15 is 0 Å². The third-order valence-corrected chi connectivity index (χ3v) is 3.82. The van der Waals surface area contributed by atoms with Crippen LogP contribution in [-0.4, -0.2) is 29.3 Å². The van der Waals surface area contributed by atoms with Crippen LogP contribution in [0.3, 0.4) is 0 Å². The van der Waals surface area contributed by atoms with Crippen LogP contribution >= 0.6 is 0 Å². The first-order valence-corrected chi connectivity index (χ1v) is 8.24. The van der Waals surface area contributed by atoms with Gasteiger partial charge in [-0.3, -0.25) is 0 Å². The average Bonchev–Trinajstić information content (AvgIpc) is 2.66. The van der Waals surface area contributed by atoms with Crippen molar-refractivity contribution in [2.75, 3.05) is 29.0 Å². The second-order valence-corrected chi connectivity index (χ2v) is 5.76. The first-order valence-electron chi connectivity index (χ1n) is 8.24. The Bertz CT molecular complexity index is 740. The van der Waals surface area contributed by atoms with Crippen LogP contribution in [0.25, 0.3) is 0 Å². The largest absolute Gasteiger partial charge is 0.389 e. The van der Waals surface area contributed by atoms with E-state index in [0.29, 0.717) is 24.7 Å². The highest BCUT2D eigenvalue weighted by Gasteiger charge is 2.14. The molecule has 0 aliphatic heterocycles. The number of pyridine rings is 1. The third-order valence-electron chi connectivity index (χ3n) is 3.82. The van der Waals surface area contributed by atoms with Gasteiger partial charge in [-0.05, 0) is 36.4 Å². The molecule has 0 aliphatic rings. The van der Waals surface area contributed by atoms with Gasteiger partial charge < -0.3 is 21.1 Å². The predicted octanol–water partition coefficient (Wildman–Crippen LogP) is 3.27. The highest BCUT2D eigenvalue weighted by molar-refractivity contribution is 5.63. The van der Waals surface area contributed by atoms with E-state index in [2.05, 4.69) is 15.2 Å². The van der Waals surface area contributed by atoms with Gasteiger partial charge in [0, 0.05) is 17.9 Å². The van der Waals surface area contributed by atoms with Crippen LogP contribution in [0, 0.1) is 0 Å². The molecule has 0 amide bonds. The van der Waals surface area contributed by atoms with E-state index in [4.69, 9.17) is 5.73 Å². The minimum Gasteiger partial charge on any atom is -0.389 e. The number of aliphatic hydroxyl groups excluding tert-OH is 1. The second kappa shape index (κ2) is 8.17. The lowest BCUT2D eigenvalue weighted by Gasteiger charge is -2.27. The molecule has 3 aromatic rings. The number of nitrogens with zero attached hydrogens (tertiary/aromatic N) is 2. The molecule has 5 nitrogen and oxygen atoms in total. The van der Waals surface area contributed by atoms with Gasteiger partial charge in [-0.2, -0.15) is 0 Å². The van der Waals surface area contributed by atoms with Gasteiger partial charge in [-0.15, -0.1) is 0 Å². The zero-order valence-electron chi connectivity index (χ0n) is 13.9. The van der Waals surface area contributed by atoms with E-state index in [1.807, 2.05) is 72.8 Å². The van der Waals surface area contributed by atoms with Crippen molar-refractivity contribution in [2.45, 2.75) is 6.10 Å². The minimum absolute atomic E-state index is 0.382. The number of rotatable bonds is 7. The molecule has 1 heterocycles. The Morgan fingerprint density at radius 1 is 0.880 bits per heavy atom. The number of anilines is 4. The summed E-state index contributed by atoms with van der Waals surface area (Å²) in [4.78, 5) is 6.28. The maximum Gasteiger partial charge on any atom is 0.128 e. The molecule has 4 N–H and O–H groups in total. The van der Waals surface area contributed by atoms with Crippen molar-refractivity contribution in [2.24, 2.45) is 0 Å². The van der Waals surface area contributed by atoms with Crippen molar-refractivity contribution in [1.82, 2.24) is 4.98 Å². The molecule has 0 fully saturated rings. The van der Waals surface area contributed by atoms with Crippen molar-refractivity contribution in [1.29, 1.82) is 0 Å². The Kier molecular flexibility index (Phi) is 5.49. The Morgan fingerprint density at radius 2 is 1.48 bits per heavy atom. The topological polar surface area (TPSA) is 74.4 Å². The molecular formula is C20H22N4O. The Labute approximate surface area is 147 Å². The van der Waals surface area contributed by atoms with E-state index < -0.39 is 6.10 Å². The van der Waals surface area contributed by atoms with Gasteiger partial charge >= 0.3 is 0 Å². The van der Waals surface area contributed by atoms with Crippen molar-refractivity contribution >= 4 is 23.0 Å². The summed E-state index contributed by atoms with van der Waals surface area (Å²) < 4.78 is 0. The first kappa shape index (κ1) is 16.8. The fraction of sp³-hybridized carbons (Fsp3) is 0.150. The summed E-state index contributed by atoms with van der Waals surface area (Å²) >= 11 is 0. The fourth-order valence-electron chi connectivity index (χ4n) is 2.62. The zero-order valence-corrected chi connectivity index (χ0v) is 13.9. The standard InChI is InChI=1S/C20H22N4O/c21-19-12-7-13-20(23-19)22-14-18(25)15-24(16-8-3-1-4-9-16)17-10-5-2-6-11-17/h1-13,18,25H,14-15H2,(H3,21,22,23). The molecule has 0 radical (unpaired) electrons. The smallest absolute Gasteiger partial charge is 0.128 e. The van der Waals surface area contributed by atoms with Gasteiger partial charge in [0.1, 0.15) is 11.6 Å². The van der Waals surface area contributed by atoms with Gasteiger partial charge in [0.2, 0.25) is 0 Å². The molecule has 3 rings (SSSR count). The molecule has 5 heteroatoms. The number of hydrogen-bond donors (Lipinski definition) is 3. The number of nitrogen functional groups attached to an aromatic ring is 1. The molecule has 0 bridgehead atoms. The molecule has 0 aliphatic carbocycles. The lowest BCUT2D eigenvalue weighted by atomic mass is 10.2. The normalized spacial score (nSPS) is 11.7. The van der Waals surface area contributed by atoms with Crippen LogP contribution in [0.15, 0.2) is 78.9 Å². The number of para-hydroxylation sites is 2. The monoisotopic (exact) mass is 334 g/mol. The molecular weight excluding hydrogens is 312 g/mol. The molecule has 0 saturated carbocycles. The number of benzene rings is 2. The predicted molar refractivity (Wildman–Crippen MR) is 103 cm³/mol. The molecule has 1 unspecified atom stereocenters. The second-order valence-electron chi connectivity index (χ2n) is 5.76. The quantitative estimate of drug-likeness (QED) is 0.618. The summed E-state index contributed by atoms with van der Waals surface area (Å²) in [5, 5.41) is 13.6. The van der Waals surface area contributed by atoms with Gasteiger partial charge in [-0.1, -0.05) is 42.5 Å². The van der Waals surface area contributed by atoms with Gasteiger partial charge in [0.25, 0.3) is 0 Å². The fourth-order valence-corrected chi connectivity index (χ4v) is 2.62. The molecule has 0 spiro atoms. The number of nitrogens with two attached hydrogens (primary N) is 1. The van der Waals surface area contributed by atoms with Crippen LogP contribution in [0.4, 0.5) is 23.0 Å². The molecule has 0 saturated heterocycles. The Hall–Kier alpha value is -3.05. The highest BCUT2D eigenvalue weighted by atomic mass is 16.3. The maximum absolute atomic E-state index is 10.5. The number of hydrogen-bond acceptors (Lipinski definition) is 5. The Morgan fingerprint density at radius 3 is 2.04 bits per heavy atom. The van der Waals surface area contributed by atoms with E-state index in [9.17, 15) is 5.11 Å². The molecule has 1 aromatic heterocycles. The van der Waals surface area contributed by atoms with Gasteiger partial charge in [-0.25, -0.2) is 4.98 Å². The summed E-state index contributed by atoms with van der Waals surface area (Å²) in [6.07, 6.45) is -0.580. The van der Waals surface area contributed by atoms with E-state index in [1.54, 1.807) is 6.07 Å². The van der Waals surface area contributed by atoms with Crippen molar-refractivity contribution in [3.63, 3.8) is 0 Å². The number of nitrogens with one attached hydrogen (secondary N) is 1. The molecule has 2 aromatic carbocycles. The summed E-state index contributed by atoms with van der Waals surface area (Å²) in [7, 11) is 0. The maximum atomic E-state index is 10.5. The summed E-state index contributed by atoms with van der Waals surface area (Å²) in [6, 6.07) is 25.5. The summed E-state index contributed by atoms with van der Waals surface area (Å²) in [6.45, 7) is 0.843. The molecule has 25 heavy (non-hydrogen) atoms. The zero-order chi connectivity index (χ0) is 17.5. The molecule has 128 valence electrons. The van der Waals surface area contributed by atoms with Crippen LogP contribution in [0.2, 0.25) is 0 Å². The SMILES string of the molecule is Nc1cccc(NCC(O)CN(c2ccccc2)c2ccccc2)n1. The van der Waals surface area contributed by atoms with E-state index in [1.165, 1.54) is 0 Å². The van der Waals surface area contributed by atoms with Crippen molar-refractivity contribution in [3.8, 4) is 0 Å². The van der Waals surface area contributed by atoms with Crippen molar-refractivity contribution in [3.05, 3.63) is 78.9 Å². The average molecular weight is 334 g/mol. The lowest BCUT2D eigenvalue weighted by Crippen LogP contribution is -2.33. The van der Waals surface area contributed by atoms with E-state index in [-0.39, 0.29) is 0 Å². The van der Waals surface area contributed by atoms with Gasteiger partial charge in [0.05, 0.1) is 12.6 Å². The third kappa shape index (κ3) is 4.71. The number of aliphatic hydroxyl groups is 1. The van der Waals surface area contributed by atoms with Crippen LogP contribution in [0.1, 0.15) is 0 Å². The van der Waals surface area contributed by atoms with Crippen LogP contribution in [-0.2, 0) is 0 Å². The van der Waals surface area contributed by atoms with Gasteiger partial charge in [0.15, 0.2) is 0 Å². The first-order chi connectivity index (χ1) is 12.2. The van der Waals surface area contributed by atoms with Crippen LogP contribution in [0.5, 0.6) is 0 Å². The number of aromatic nitrogens is 1. The minimum atomic E-state index is -0.580. The summed E-state index contributed by atoms with van der Waals surface area (Å²) in [5.74, 6) is 1.11. The highest BCUT2D eigenvalue weighted by Crippen LogP contribution is 2.25. The van der Waals surface area contributed by atoms with Crippen molar-refractivity contribution < 1.29 is 5.11 Å². The van der Waals surface area contributed by atoms with Crippen LogP contribution < -0.4 is 16.0 Å². The van der Waals surface area contributed by atoms with E-state index in [0.717, 1.165) is 11.4 Å². The molecule has 1 atom stereocenters. The Balaban J connectivity index is 1.69. The summed E-state index contributed by atoms with van der Waals surface area (Å²) in [5.41, 5.74) is 7.75.